The molecule has 0 unspecified atom stereocenters. The van der Waals surface area contributed by atoms with E-state index >= 15 is 0 Å². The normalized spacial score (nSPS) is 10.1. The number of pyridine rings is 1. The summed E-state index contributed by atoms with van der Waals surface area (Å²) in [5.41, 5.74) is 1.67. The molecule has 2 rings (SSSR count). The third-order valence-corrected chi connectivity index (χ3v) is 2.80. The quantitative estimate of drug-likeness (QED) is 0.779. The molecule has 20 heavy (non-hydrogen) atoms. The Kier molecular flexibility index (Phi) is 4.71. The van der Waals surface area contributed by atoms with E-state index in [0.717, 1.165) is 12.2 Å². The molecule has 0 amide bonds. The van der Waals surface area contributed by atoms with Crippen LogP contribution in [-0.4, -0.2) is 17.6 Å². The van der Waals surface area contributed by atoms with E-state index in [2.05, 4.69) is 11.9 Å². The molecule has 1 heterocycles. The van der Waals surface area contributed by atoms with Crippen molar-refractivity contribution in [3.05, 3.63) is 53.7 Å². The summed E-state index contributed by atoms with van der Waals surface area (Å²) in [4.78, 5) is 15.6. The van der Waals surface area contributed by atoms with Crippen LogP contribution in [0, 0.1) is 0 Å². The molecule has 0 saturated heterocycles. The molecular weight excluding hydrogens is 254 g/mol. The Labute approximate surface area is 118 Å². The Hall–Kier alpha value is -2.36. The van der Waals surface area contributed by atoms with Gasteiger partial charge in [0.1, 0.15) is 5.75 Å². The topological polar surface area (TPSA) is 48.4 Å². The third-order valence-electron chi connectivity index (χ3n) is 2.80. The second-order valence-electron chi connectivity index (χ2n) is 4.21. The summed E-state index contributed by atoms with van der Waals surface area (Å²) >= 11 is 0. The van der Waals surface area contributed by atoms with E-state index in [4.69, 9.17) is 9.47 Å². The smallest absolute Gasteiger partial charge is 0.339 e. The Morgan fingerprint density at radius 3 is 2.40 bits per heavy atom. The van der Waals surface area contributed by atoms with E-state index in [1.807, 2.05) is 24.3 Å². The minimum Gasteiger partial charge on any atom is -0.462 e. The lowest BCUT2D eigenvalue weighted by Gasteiger charge is -2.06. The fraction of sp³-hybridized carbons (Fsp3) is 0.250. The van der Waals surface area contributed by atoms with Gasteiger partial charge in [0.25, 0.3) is 0 Å². The lowest BCUT2D eigenvalue weighted by atomic mass is 10.2. The van der Waals surface area contributed by atoms with Crippen molar-refractivity contribution < 1.29 is 14.3 Å². The van der Waals surface area contributed by atoms with E-state index in [0.29, 0.717) is 18.1 Å². The molecule has 0 radical (unpaired) electrons. The number of aryl methyl sites for hydroxylation is 1. The maximum atomic E-state index is 11.5. The zero-order chi connectivity index (χ0) is 14.4. The van der Waals surface area contributed by atoms with Gasteiger partial charge < -0.3 is 9.47 Å². The standard InChI is InChI=1S/C16H17NO3/c1-3-12-5-8-14(9-6-12)20-15-10-7-13(11-17-15)16(18)19-4-2/h5-11H,3-4H2,1-2H3. The largest absolute Gasteiger partial charge is 0.462 e. The second-order valence-corrected chi connectivity index (χ2v) is 4.21. The Balaban J connectivity index is 2.04. The van der Waals surface area contributed by atoms with Crippen LogP contribution in [0.1, 0.15) is 29.8 Å². The summed E-state index contributed by atoms with van der Waals surface area (Å²) in [6.07, 6.45) is 2.44. The number of carbonyl (C=O) groups is 1. The molecule has 0 fully saturated rings. The molecule has 0 spiro atoms. The molecule has 0 N–H and O–H groups in total. The van der Waals surface area contributed by atoms with Gasteiger partial charge in [-0.3, -0.25) is 0 Å². The van der Waals surface area contributed by atoms with Crippen molar-refractivity contribution >= 4 is 5.97 Å². The van der Waals surface area contributed by atoms with Crippen LogP contribution in [0.25, 0.3) is 0 Å². The maximum Gasteiger partial charge on any atom is 0.339 e. The third kappa shape index (κ3) is 3.57. The van der Waals surface area contributed by atoms with Gasteiger partial charge in [0.05, 0.1) is 12.2 Å². The van der Waals surface area contributed by atoms with Crippen LogP contribution in [0.15, 0.2) is 42.6 Å². The van der Waals surface area contributed by atoms with Crippen LogP contribution < -0.4 is 4.74 Å². The number of esters is 1. The Morgan fingerprint density at radius 1 is 1.10 bits per heavy atom. The monoisotopic (exact) mass is 271 g/mol. The van der Waals surface area contributed by atoms with Gasteiger partial charge in [-0.25, -0.2) is 9.78 Å². The minimum atomic E-state index is -0.376. The van der Waals surface area contributed by atoms with Crippen LogP contribution in [0.2, 0.25) is 0 Å². The molecule has 0 aliphatic carbocycles. The van der Waals surface area contributed by atoms with Gasteiger partial charge in [-0.1, -0.05) is 19.1 Å². The van der Waals surface area contributed by atoms with Gasteiger partial charge in [-0.2, -0.15) is 0 Å². The van der Waals surface area contributed by atoms with Gasteiger partial charge in [-0.15, -0.1) is 0 Å². The average Bonchev–Trinajstić information content (AvgIpc) is 2.49. The molecular formula is C16H17NO3. The fourth-order valence-corrected chi connectivity index (χ4v) is 1.69. The van der Waals surface area contributed by atoms with Crippen LogP contribution >= 0.6 is 0 Å². The van der Waals surface area contributed by atoms with E-state index in [1.54, 1.807) is 19.1 Å². The number of rotatable bonds is 5. The van der Waals surface area contributed by atoms with Crippen molar-refractivity contribution in [2.24, 2.45) is 0 Å². The van der Waals surface area contributed by atoms with Gasteiger partial charge in [-0.05, 0) is 37.1 Å². The zero-order valence-corrected chi connectivity index (χ0v) is 11.6. The molecule has 104 valence electrons. The maximum absolute atomic E-state index is 11.5. The highest BCUT2D eigenvalue weighted by Crippen LogP contribution is 2.20. The van der Waals surface area contributed by atoms with Gasteiger partial charge in [0, 0.05) is 12.3 Å². The van der Waals surface area contributed by atoms with Gasteiger partial charge >= 0.3 is 5.97 Å². The molecule has 4 heteroatoms. The van der Waals surface area contributed by atoms with E-state index < -0.39 is 0 Å². The molecule has 0 aliphatic heterocycles. The Bertz CT molecular complexity index is 561. The summed E-state index contributed by atoms with van der Waals surface area (Å²) in [5.74, 6) is 0.791. The first kappa shape index (κ1) is 14.1. The van der Waals surface area contributed by atoms with Crippen molar-refractivity contribution in [3.8, 4) is 11.6 Å². The van der Waals surface area contributed by atoms with Crippen molar-refractivity contribution in [1.29, 1.82) is 0 Å². The summed E-state index contributed by atoms with van der Waals surface area (Å²) < 4.78 is 10.5. The highest BCUT2D eigenvalue weighted by atomic mass is 16.5. The lowest BCUT2D eigenvalue weighted by molar-refractivity contribution is 0.0526. The first-order valence-electron chi connectivity index (χ1n) is 6.63. The summed E-state index contributed by atoms with van der Waals surface area (Å²) in [7, 11) is 0. The number of benzene rings is 1. The molecule has 0 aliphatic rings. The zero-order valence-electron chi connectivity index (χ0n) is 11.6. The molecule has 1 aromatic heterocycles. The number of nitrogens with zero attached hydrogens (tertiary/aromatic N) is 1. The molecule has 1 aromatic carbocycles. The van der Waals surface area contributed by atoms with Crippen LogP contribution in [0.3, 0.4) is 0 Å². The molecule has 2 aromatic rings. The predicted octanol–water partition coefficient (Wildman–Crippen LogP) is 3.61. The van der Waals surface area contributed by atoms with E-state index in [1.165, 1.54) is 11.8 Å². The number of hydrogen-bond acceptors (Lipinski definition) is 4. The molecule has 0 bridgehead atoms. The van der Waals surface area contributed by atoms with E-state index in [-0.39, 0.29) is 5.97 Å². The number of ether oxygens (including phenoxy) is 2. The van der Waals surface area contributed by atoms with Crippen LogP contribution in [0.5, 0.6) is 11.6 Å². The molecule has 0 atom stereocenters. The van der Waals surface area contributed by atoms with Gasteiger partial charge in [0.15, 0.2) is 0 Å². The number of carbonyl (C=O) groups excluding carboxylic acids is 1. The second kappa shape index (κ2) is 6.70. The van der Waals surface area contributed by atoms with E-state index in [9.17, 15) is 4.79 Å². The summed E-state index contributed by atoms with van der Waals surface area (Å²) in [6.45, 7) is 4.22. The lowest BCUT2D eigenvalue weighted by Crippen LogP contribution is -2.04. The first-order chi connectivity index (χ1) is 9.72. The number of hydrogen-bond donors (Lipinski definition) is 0. The summed E-state index contributed by atoms with van der Waals surface area (Å²) in [5, 5.41) is 0. The fourth-order valence-electron chi connectivity index (χ4n) is 1.69. The highest BCUT2D eigenvalue weighted by molar-refractivity contribution is 5.89. The SMILES string of the molecule is CCOC(=O)c1ccc(Oc2ccc(CC)cc2)nc1. The van der Waals surface area contributed by atoms with Crippen molar-refractivity contribution in [1.82, 2.24) is 4.98 Å². The van der Waals surface area contributed by atoms with Crippen LogP contribution in [0.4, 0.5) is 0 Å². The van der Waals surface area contributed by atoms with Crippen molar-refractivity contribution in [2.45, 2.75) is 20.3 Å². The van der Waals surface area contributed by atoms with Crippen LogP contribution in [-0.2, 0) is 11.2 Å². The molecule has 0 saturated carbocycles. The Morgan fingerprint density at radius 2 is 1.85 bits per heavy atom. The van der Waals surface area contributed by atoms with Crippen molar-refractivity contribution in [2.75, 3.05) is 6.61 Å². The minimum absolute atomic E-state index is 0.348. The first-order valence-corrected chi connectivity index (χ1v) is 6.63. The number of aromatic nitrogens is 1. The predicted molar refractivity (Wildman–Crippen MR) is 76.1 cm³/mol. The van der Waals surface area contributed by atoms with Crippen molar-refractivity contribution in [3.63, 3.8) is 0 Å². The molecule has 4 nitrogen and oxygen atoms in total. The average molecular weight is 271 g/mol. The van der Waals surface area contributed by atoms with Gasteiger partial charge in [0.2, 0.25) is 5.88 Å². The summed E-state index contributed by atoms with van der Waals surface area (Å²) in [6, 6.07) is 11.1. The highest BCUT2D eigenvalue weighted by Gasteiger charge is 2.07.